The summed E-state index contributed by atoms with van der Waals surface area (Å²) in [6.07, 6.45) is 1.70. The third kappa shape index (κ3) is 1.70. The second-order valence-electron chi connectivity index (χ2n) is 3.37. The van der Waals surface area contributed by atoms with Crippen molar-refractivity contribution in [3.63, 3.8) is 0 Å². The second-order valence-corrected chi connectivity index (χ2v) is 4.15. The minimum atomic E-state index is 0.491. The van der Waals surface area contributed by atoms with Gasteiger partial charge in [0.15, 0.2) is 16.1 Å². The van der Waals surface area contributed by atoms with Crippen molar-refractivity contribution in [3.05, 3.63) is 40.7 Å². The molecule has 0 aliphatic carbocycles. The van der Waals surface area contributed by atoms with Crippen LogP contribution in [0.25, 0.3) is 17.2 Å². The summed E-state index contributed by atoms with van der Waals surface area (Å²) in [7, 11) is 0. The fraction of sp³-hybridized carbons (Fsp3) is 0. The van der Waals surface area contributed by atoms with E-state index >= 15 is 0 Å². The molecule has 0 radical (unpaired) electrons. The molecule has 0 fully saturated rings. The Hall–Kier alpha value is -2.13. The highest BCUT2D eigenvalue weighted by atomic mass is 79.9. The molecule has 0 N–H and O–H groups in total. The summed E-state index contributed by atoms with van der Waals surface area (Å²) >= 11 is 3.22. The van der Waals surface area contributed by atoms with E-state index in [-0.39, 0.29) is 0 Å². The smallest absolute Gasteiger partial charge is 0.217 e. The van der Waals surface area contributed by atoms with Crippen molar-refractivity contribution >= 4 is 21.6 Å². The van der Waals surface area contributed by atoms with E-state index in [1.54, 1.807) is 35.0 Å². The predicted molar refractivity (Wildman–Crippen MR) is 63.1 cm³/mol. The van der Waals surface area contributed by atoms with Crippen LogP contribution >= 0.6 is 15.9 Å². The first kappa shape index (κ1) is 10.1. The van der Waals surface area contributed by atoms with Gasteiger partial charge in [-0.15, -0.1) is 5.10 Å². The maximum Gasteiger partial charge on any atom is 0.217 e. The SMILES string of the molecule is N#Cc1ccn2nc(-c3ccc(Br)o3)nc2c1. The number of nitrogens with zero attached hydrogens (tertiary/aromatic N) is 4. The van der Waals surface area contributed by atoms with Gasteiger partial charge >= 0.3 is 0 Å². The predicted octanol–water partition coefficient (Wildman–Crippen LogP) is 2.62. The monoisotopic (exact) mass is 288 g/mol. The molecule has 0 aliphatic heterocycles. The number of furan rings is 1. The molecule has 82 valence electrons. The third-order valence-corrected chi connectivity index (χ3v) is 2.69. The zero-order valence-corrected chi connectivity index (χ0v) is 10.0. The van der Waals surface area contributed by atoms with Crippen LogP contribution < -0.4 is 0 Å². The van der Waals surface area contributed by atoms with Crippen LogP contribution in [0.5, 0.6) is 0 Å². The first-order chi connectivity index (χ1) is 8.26. The van der Waals surface area contributed by atoms with Crippen molar-refractivity contribution < 1.29 is 4.42 Å². The van der Waals surface area contributed by atoms with Crippen LogP contribution in [0.4, 0.5) is 0 Å². The lowest BCUT2D eigenvalue weighted by atomic mass is 10.3. The van der Waals surface area contributed by atoms with Gasteiger partial charge < -0.3 is 4.42 Å². The van der Waals surface area contributed by atoms with Crippen molar-refractivity contribution in [3.8, 4) is 17.7 Å². The Bertz CT molecular complexity index is 737. The molecule has 0 amide bonds. The summed E-state index contributed by atoms with van der Waals surface area (Å²) < 4.78 is 7.60. The summed E-state index contributed by atoms with van der Waals surface area (Å²) in [6.45, 7) is 0. The molecular weight excluding hydrogens is 284 g/mol. The maximum absolute atomic E-state index is 8.79. The average molecular weight is 289 g/mol. The molecule has 0 aliphatic rings. The van der Waals surface area contributed by atoms with Crippen molar-refractivity contribution in [2.45, 2.75) is 0 Å². The molecule has 0 aromatic carbocycles. The van der Waals surface area contributed by atoms with Gasteiger partial charge in [0.2, 0.25) is 5.82 Å². The Labute approximate surface area is 104 Å². The molecule has 3 aromatic heterocycles. The zero-order chi connectivity index (χ0) is 11.8. The number of halogens is 1. The fourth-order valence-corrected chi connectivity index (χ4v) is 1.80. The van der Waals surface area contributed by atoms with Gasteiger partial charge in [-0.05, 0) is 34.1 Å². The first-order valence-electron chi connectivity index (χ1n) is 4.78. The summed E-state index contributed by atoms with van der Waals surface area (Å²) in [5.74, 6) is 1.07. The number of rotatable bonds is 1. The van der Waals surface area contributed by atoms with Gasteiger partial charge in [0.1, 0.15) is 0 Å². The molecule has 17 heavy (non-hydrogen) atoms. The van der Waals surface area contributed by atoms with Gasteiger partial charge in [-0.2, -0.15) is 5.26 Å². The van der Waals surface area contributed by atoms with Crippen LogP contribution in [-0.2, 0) is 0 Å². The second kappa shape index (κ2) is 3.71. The van der Waals surface area contributed by atoms with E-state index in [0.29, 0.717) is 27.5 Å². The lowest BCUT2D eigenvalue weighted by Crippen LogP contribution is -1.86. The van der Waals surface area contributed by atoms with E-state index in [4.69, 9.17) is 9.68 Å². The minimum absolute atomic E-state index is 0.491. The molecule has 5 nitrogen and oxygen atoms in total. The first-order valence-corrected chi connectivity index (χ1v) is 5.58. The summed E-state index contributed by atoms with van der Waals surface area (Å²) in [5.41, 5.74) is 1.17. The molecule has 0 unspecified atom stereocenters. The Morgan fingerprint density at radius 1 is 1.35 bits per heavy atom. The van der Waals surface area contributed by atoms with Crippen LogP contribution in [0.1, 0.15) is 5.56 Å². The highest BCUT2D eigenvalue weighted by Crippen LogP contribution is 2.22. The highest BCUT2D eigenvalue weighted by Gasteiger charge is 2.10. The lowest BCUT2D eigenvalue weighted by molar-refractivity contribution is 0.551. The normalized spacial score (nSPS) is 10.6. The Morgan fingerprint density at radius 2 is 2.24 bits per heavy atom. The van der Waals surface area contributed by atoms with Crippen LogP contribution in [0.3, 0.4) is 0 Å². The van der Waals surface area contributed by atoms with Crippen LogP contribution in [0.2, 0.25) is 0 Å². The van der Waals surface area contributed by atoms with Gasteiger partial charge in [-0.1, -0.05) is 0 Å². The van der Waals surface area contributed by atoms with Crippen LogP contribution in [0, 0.1) is 11.3 Å². The van der Waals surface area contributed by atoms with Crippen molar-refractivity contribution in [2.75, 3.05) is 0 Å². The molecule has 3 rings (SSSR count). The number of nitriles is 1. The summed E-state index contributed by atoms with van der Waals surface area (Å²) in [4.78, 5) is 4.29. The molecule has 0 saturated carbocycles. The molecule has 3 aromatic rings. The van der Waals surface area contributed by atoms with Crippen molar-refractivity contribution in [1.29, 1.82) is 5.26 Å². The number of pyridine rings is 1. The molecule has 0 spiro atoms. The molecule has 3 heterocycles. The van der Waals surface area contributed by atoms with Gasteiger partial charge in [-0.3, -0.25) is 0 Å². The van der Waals surface area contributed by atoms with E-state index in [1.165, 1.54) is 0 Å². The highest BCUT2D eigenvalue weighted by molar-refractivity contribution is 9.10. The van der Waals surface area contributed by atoms with E-state index in [2.05, 4.69) is 32.1 Å². The largest absolute Gasteiger partial charge is 0.446 e. The Balaban J connectivity index is 2.17. The fourth-order valence-electron chi connectivity index (χ4n) is 1.49. The van der Waals surface area contributed by atoms with E-state index in [9.17, 15) is 0 Å². The van der Waals surface area contributed by atoms with Gasteiger partial charge in [0.05, 0.1) is 11.6 Å². The maximum atomic E-state index is 8.79. The quantitative estimate of drug-likeness (QED) is 0.690. The van der Waals surface area contributed by atoms with Crippen LogP contribution in [-0.4, -0.2) is 14.6 Å². The van der Waals surface area contributed by atoms with Gasteiger partial charge in [0, 0.05) is 12.3 Å². The molecule has 6 heteroatoms. The van der Waals surface area contributed by atoms with Crippen molar-refractivity contribution in [2.24, 2.45) is 0 Å². The minimum Gasteiger partial charge on any atom is -0.446 e. The number of hydrogen-bond donors (Lipinski definition) is 0. The number of aromatic nitrogens is 3. The molecule has 0 atom stereocenters. The standard InChI is InChI=1S/C11H5BrN4O/c12-9-2-1-8(17-9)11-14-10-5-7(6-13)3-4-16(10)15-11/h1-5H. The Kier molecular flexibility index (Phi) is 2.20. The number of fused-ring (bicyclic) bond motifs is 1. The van der Waals surface area contributed by atoms with Gasteiger partial charge in [-0.25, -0.2) is 9.50 Å². The zero-order valence-electron chi connectivity index (χ0n) is 8.46. The topological polar surface area (TPSA) is 67.1 Å². The van der Waals surface area contributed by atoms with Crippen molar-refractivity contribution in [1.82, 2.24) is 14.6 Å². The molecular formula is C11H5BrN4O. The summed E-state index contributed by atoms with van der Waals surface area (Å²) in [6, 6.07) is 8.98. The van der Waals surface area contributed by atoms with Crippen LogP contribution in [0.15, 0.2) is 39.5 Å². The van der Waals surface area contributed by atoms with E-state index < -0.39 is 0 Å². The lowest BCUT2D eigenvalue weighted by Gasteiger charge is -1.89. The molecule has 0 bridgehead atoms. The average Bonchev–Trinajstić information content (AvgIpc) is 2.93. The third-order valence-electron chi connectivity index (χ3n) is 2.26. The molecule has 0 saturated heterocycles. The van der Waals surface area contributed by atoms with E-state index in [0.717, 1.165) is 0 Å². The Morgan fingerprint density at radius 3 is 2.94 bits per heavy atom. The van der Waals surface area contributed by atoms with E-state index in [1.807, 2.05) is 0 Å². The summed E-state index contributed by atoms with van der Waals surface area (Å²) in [5, 5.41) is 13.0. The number of hydrogen-bond acceptors (Lipinski definition) is 4. The van der Waals surface area contributed by atoms with Gasteiger partial charge in [0.25, 0.3) is 0 Å².